The Bertz CT molecular complexity index is 490. The maximum absolute atomic E-state index is 13.2. The molecular weight excluding hydrogens is 267 g/mol. The number of carbonyl (C=O) groups is 1. The van der Waals surface area contributed by atoms with Crippen molar-refractivity contribution in [3.05, 3.63) is 35.6 Å². The van der Waals surface area contributed by atoms with Gasteiger partial charge in [-0.1, -0.05) is 12.1 Å². The molecule has 2 rings (SSSR count). The fourth-order valence-corrected chi connectivity index (χ4v) is 2.69. The van der Waals surface area contributed by atoms with Crippen LogP contribution in [0.25, 0.3) is 0 Å². The van der Waals surface area contributed by atoms with Crippen molar-refractivity contribution in [1.82, 2.24) is 10.6 Å². The summed E-state index contributed by atoms with van der Waals surface area (Å²) in [7, 11) is 0. The zero-order chi connectivity index (χ0) is 15.5. The first-order chi connectivity index (χ1) is 9.83. The summed E-state index contributed by atoms with van der Waals surface area (Å²) in [6.45, 7) is 6.64. The number of rotatable bonds is 5. The highest BCUT2D eigenvalue weighted by Crippen LogP contribution is 2.36. The Labute approximate surface area is 126 Å². The van der Waals surface area contributed by atoms with E-state index in [-0.39, 0.29) is 17.3 Å². The number of amides is 1. The standard InChI is InChI=1S/C17H25FN2O/c1-17(2,3)20-16(21)7-8-19-15-10-13(11-15)12-5-4-6-14(18)9-12/h4-6,9,13,15,19H,7-8,10-11H2,1-3H3,(H,20,21). The van der Waals surface area contributed by atoms with Crippen LogP contribution in [0.3, 0.4) is 0 Å². The highest BCUT2D eigenvalue weighted by Gasteiger charge is 2.30. The fourth-order valence-electron chi connectivity index (χ4n) is 2.69. The Kier molecular flexibility index (Phi) is 4.99. The molecule has 4 heteroatoms. The van der Waals surface area contributed by atoms with E-state index in [1.54, 1.807) is 12.1 Å². The van der Waals surface area contributed by atoms with Crippen LogP contribution in [0.1, 0.15) is 51.5 Å². The molecule has 0 spiro atoms. The molecule has 1 aromatic rings. The molecule has 1 fully saturated rings. The third-order valence-electron chi connectivity index (χ3n) is 3.76. The smallest absolute Gasteiger partial charge is 0.221 e. The van der Waals surface area contributed by atoms with Crippen LogP contribution >= 0.6 is 0 Å². The lowest BCUT2D eigenvalue weighted by molar-refractivity contribution is -0.122. The zero-order valence-electron chi connectivity index (χ0n) is 13.1. The highest BCUT2D eigenvalue weighted by atomic mass is 19.1. The van der Waals surface area contributed by atoms with Crippen molar-refractivity contribution >= 4 is 5.91 Å². The first-order valence-corrected chi connectivity index (χ1v) is 7.63. The summed E-state index contributed by atoms with van der Waals surface area (Å²) in [4.78, 5) is 11.7. The van der Waals surface area contributed by atoms with Gasteiger partial charge in [0.15, 0.2) is 0 Å². The lowest BCUT2D eigenvalue weighted by Gasteiger charge is -2.36. The largest absolute Gasteiger partial charge is 0.351 e. The molecule has 1 amide bonds. The molecule has 1 aliphatic rings. The van der Waals surface area contributed by atoms with Gasteiger partial charge in [-0.2, -0.15) is 0 Å². The molecule has 0 unspecified atom stereocenters. The first-order valence-electron chi connectivity index (χ1n) is 7.63. The third-order valence-corrected chi connectivity index (χ3v) is 3.76. The highest BCUT2D eigenvalue weighted by molar-refractivity contribution is 5.76. The van der Waals surface area contributed by atoms with Gasteiger partial charge in [0, 0.05) is 24.5 Å². The number of carbonyl (C=O) groups excluding carboxylic acids is 1. The fraction of sp³-hybridized carbons (Fsp3) is 0.588. The SMILES string of the molecule is CC(C)(C)NC(=O)CCNC1CC(c2cccc(F)c2)C1. The number of nitrogens with one attached hydrogen (secondary N) is 2. The topological polar surface area (TPSA) is 41.1 Å². The summed E-state index contributed by atoms with van der Waals surface area (Å²) >= 11 is 0. The molecule has 0 aliphatic heterocycles. The van der Waals surface area contributed by atoms with Gasteiger partial charge in [0.1, 0.15) is 5.82 Å². The molecule has 1 aromatic carbocycles. The average Bonchev–Trinajstić information content (AvgIpc) is 2.29. The monoisotopic (exact) mass is 292 g/mol. The minimum absolute atomic E-state index is 0.0796. The minimum Gasteiger partial charge on any atom is -0.351 e. The van der Waals surface area contributed by atoms with Crippen LogP contribution < -0.4 is 10.6 Å². The summed E-state index contributed by atoms with van der Waals surface area (Å²) in [6.07, 6.45) is 2.53. The van der Waals surface area contributed by atoms with E-state index in [4.69, 9.17) is 0 Å². The molecule has 0 saturated heterocycles. The molecular formula is C17H25FN2O. The van der Waals surface area contributed by atoms with Crippen molar-refractivity contribution in [2.45, 2.75) is 57.5 Å². The van der Waals surface area contributed by atoms with E-state index in [9.17, 15) is 9.18 Å². The summed E-state index contributed by atoms with van der Waals surface area (Å²) in [5, 5.41) is 6.34. The van der Waals surface area contributed by atoms with Gasteiger partial charge < -0.3 is 10.6 Å². The van der Waals surface area contributed by atoms with Gasteiger partial charge >= 0.3 is 0 Å². The van der Waals surface area contributed by atoms with E-state index < -0.39 is 0 Å². The van der Waals surface area contributed by atoms with Gasteiger partial charge in [-0.3, -0.25) is 4.79 Å². The molecule has 21 heavy (non-hydrogen) atoms. The molecule has 0 radical (unpaired) electrons. The summed E-state index contributed by atoms with van der Waals surface area (Å²) in [5.74, 6) is 0.361. The van der Waals surface area contributed by atoms with E-state index in [0.29, 0.717) is 24.9 Å². The maximum Gasteiger partial charge on any atom is 0.221 e. The quantitative estimate of drug-likeness (QED) is 0.876. The van der Waals surface area contributed by atoms with Crippen LogP contribution in [0.15, 0.2) is 24.3 Å². The number of benzene rings is 1. The van der Waals surface area contributed by atoms with Gasteiger partial charge in [0.25, 0.3) is 0 Å². The van der Waals surface area contributed by atoms with Crippen molar-refractivity contribution in [2.24, 2.45) is 0 Å². The van der Waals surface area contributed by atoms with E-state index in [1.807, 2.05) is 26.8 Å². The number of hydrogen-bond acceptors (Lipinski definition) is 2. The predicted octanol–water partition coefficient (Wildman–Crippen LogP) is 2.97. The Morgan fingerprint density at radius 3 is 2.67 bits per heavy atom. The molecule has 0 aromatic heterocycles. The Morgan fingerprint density at radius 2 is 2.05 bits per heavy atom. The zero-order valence-corrected chi connectivity index (χ0v) is 13.1. The Balaban J connectivity index is 1.64. The van der Waals surface area contributed by atoms with Crippen LogP contribution in [-0.4, -0.2) is 24.0 Å². The number of hydrogen-bond donors (Lipinski definition) is 2. The summed E-state index contributed by atoms with van der Waals surface area (Å²) in [5.41, 5.74) is 0.911. The van der Waals surface area contributed by atoms with Crippen molar-refractivity contribution in [3.8, 4) is 0 Å². The van der Waals surface area contributed by atoms with Gasteiger partial charge in [0.2, 0.25) is 5.91 Å². The van der Waals surface area contributed by atoms with Crippen molar-refractivity contribution in [1.29, 1.82) is 0 Å². The molecule has 0 bridgehead atoms. The lowest BCUT2D eigenvalue weighted by Crippen LogP contribution is -2.44. The van der Waals surface area contributed by atoms with Gasteiger partial charge in [-0.15, -0.1) is 0 Å². The molecule has 1 aliphatic carbocycles. The second kappa shape index (κ2) is 6.56. The molecule has 2 N–H and O–H groups in total. The van der Waals surface area contributed by atoms with Crippen LogP contribution in [-0.2, 0) is 4.79 Å². The van der Waals surface area contributed by atoms with E-state index in [2.05, 4.69) is 10.6 Å². The molecule has 1 saturated carbocycles. The van der Waals surface area contributed by atoms with E-state index in [0.717, 1.165) is 18.4 Å². The summed E-state index contributed by atoms with van der Waals surface area (Å²) in [6, 6.07) is 7.30. The van der Waals surface area contributed by atoms with Crippen LogP contribution in [0.2, 0.25) is 0 Å². The molecule has 0 atom stereocenters. The van der Waals surface area contributed by atoms with Crippen molar-refractivity contribution < 1.29 is 9.18 Å². The summed E-state index contributed by atoms with van der Waals surface area (Å²) < 4.78 is 13.2. The maximum atomic E-state index is 13.2. The predicted molar refractivity (Wildman–Crippen MR) is 82.7 cm³/mol. The number of halogens is 1. The van der Waals surface area contributed by atoms with Crippen molar-refractivity contribution in [2.75, 3.05) is 6.54 Å². The normalized spacial score (nSPS) is 21.7. The van der Waals surface area contributed by atoms with E-state index in [1.165, 1.54) is 6.07 Å². The van der Waals surface area contributed by atoms with Gasteiger partial charge in [0.05, 0.1) is 0 Å². The van der Waals surface area contributed by atoms with Gasteiger partial charge in [-0.25, -0.2) is 4.39 Å². The molecule has 0 heterocycles. The Hall–Kier alpha value is -1.42. The molecule has 3 nitrogen and oxygen atoms in total. The van der Waals surface area contributed by atoms with E-state index >= 15 is 0 Å². The van der Waals surface area contributed by atoms with Crippen molar-refractivity contribution in [3.63, 3.8) is 0 Å². The minimum atomic E-state index is -0.171. The average molecular weight is 292 g/mol. The molecule has 116 valence electrons. The lowest BCUT2D eigenvalue weighted by atomic mass is 9.76. The second-order valence-corrected chi connectivity index (χ2v) is 6.92. The Morgan fingerprint density at radius 1 is 1.33 bits per heavy atom. The van der Waals surface area contributed by atoms with Crippen LogP contribution in [0.4, 0.5) is 4.39 Å². The van der Waals surface area contributed by atoms with Crippen LogP contribution in [0, 0.1) is 5.82 Å². The first kappa shape index (κ1) is 16.0. The second-order valence-electron chi connectivity index (χ2n) is 6.92. The third kappa shape index (κ3) is 5.12. The van der Waals surface area contributed by atoms with Crippen LogP contribution in [0.5, 0.6) is 0 Å². The van der Waals surface area contributed by atoms with Gasteiger partial charge in [-0.05, 0) is 57.2 Å².